The summed E-state index contributed by atoms with van der Waals surface area (Å²) in [4.78, 5) is 12.8. The van der Waals surface area contributed by atoms with Gasteiger partial charge in [0, 0.05) is 61.2 Å². The van der Waals surface area contributed by atoms with Crippen LogP contribution in [0.3, 0.4) is 0 Å². The van der Waals surface area contributed by atoms with Crippen molar-refractivity contribution in [3.63, 3.8) is 0 Å². The number of fused-ring (bicyclic) bond motifs is 1. The van der Waals surface area contributed by atoms with Gasteiger partial charge in [-0.05, 0) is 80.6 Å². The molecule has 2 aromatic carbocycles. The van der Waals surface area contributed by atoms with E-state index >= 15 is 0 Å². The highest BCUT2D eigenvalue weighted by molar-refractivity contribution is 6.05. The molecule has 0 radical (unpaired) electrons. The molecule has 2 aliphatic heterocycles. The summed E-state index contributed by atoms with van der Waals surface area (Å²) in [7, 11) is 2.08. The van der Waals surface area contributed by atoms with E-state index < -0.39 is 0 Å². The molecule has 1 aromatic heterocycles. The standard InChI is InChI=1S/C28H35N3O4/c1-19(27-4-3-12-34-27)35-25-8-5-21(6-9-25)28(32)30-23-7-10-26-22(14-23)15-24(31(26)2)17-29-16-20-11-13-33-18-20/h5-10,14-15,19-20,27,29H,3-4,11-13,16-18H2,1-2H3,(H,30,32). The number of hydrogen-bond donors (Lipinski definition) is 2. The van der Waals surface area contributed by atoms with Crippen LogP contribution in [-0.2, 0) is 23.1 Å². The van der Waals surface area contributed by atoms with Crippen molar-refractivity contribution >= 4 is 22.5 Å². The number of nitrogens with zero attached hydrogens (tertiary/aromatic N) is 1. The lowest BCUT2D eigenvalue weighted by Crippen LogP contribution is -2.27. The number of anilines is 1. The van der Waals surface area contributed by atoms with Crippen LogP contribution in [0.15, 0.2) is 48.5 Å². The number of rotatable bonds is 9. The minimum absolute atomic E-state index is 0.00778. The maximum atomic E-state index is 12.8. The van der Waals surface area contributed by atoms with Gasteiger partial charge in [-0.1, -0.05) is 0 Å². The molecule has 3 aromatic rings. The van der Waals surface area contributed by atoms with Gasteiger partial charge in [0.2, 0.25) is 0 Å². The summed E-state index contributed by atoms with van der Waals surface area (Å²) in [5.41, 5.74) is 3.74. The smallest absolute Gasteiger partial charge is 0.255 e. The van der Waals surface area contributed by atoms with Crippen molar-refractivity contribution in [1.29, 1.82) is 0 Å². The minimum atomic E-state index is -0.139. The number of carbonyl (C=O) groups is 1. The first-order valence-corrected chi connectivity index (χ1v) is 12.6. The molecular formula is C28H35N3O4. The number of ether oxygens (including phenoxy) is 3. The maximum Gasteiger partial charge on any atom is 0.255 e. The lowest BCUT2D eigenvalue weighted by Gasteiger charge is -2.20. The minimum Gasteiger partial charge on any atom is -0.488 e. The zero-order valence-electron chi connectivity index (χ0n) is 20.6. The molecule has 0 saturated carbocycles. The summed E-state index contributed by atoms with van der Waals surface area (Å²) in [6.45, 7) is 6.35. The van der Waals surface area contributed by atoms with Gasteiger partial charge in [-0.3, -0.25) is 4.79 Å². The number of hydrogen-bond acceptors (Lipinski definition) is 5. The van der Waals surface area contributed by atoms with E-state index in [9.17, 15) is 4.79 Å². The SMILES string of the molecule is CC(Oc1ccc(C(=O)Nc2ccc3c(c2)cc(CNCC2CCOC2)n3C)cc1)C1CCCO1. The molecule has 2 fully saturated rings. The summed E-state index contributed by atoms with van der Waals surface area (Å²) in [6, 6.07) is 15.5. The Balaban J connectivity index is 1.18. The second-order valence-corrected chi connectivity index (χ2v) is 9.68. The lowest BCUT2D eigenvalue weighted by atomic mass is 10.1. The van der Waals surface area contributed by atoms with Crippen LogP contribution in [0.5, 0.6) is 5.75 Å². The first-order chi connectivity index (χ1) is 17.1. The molecule has 7 nitrogen and oxygen atoms in total. The van der Waals surface area contributed by atoms with Gasteiger partial charge in [0.15, 0.2) is 0 Å². The number of carbonyl (C=O) groups excluding carboxylic acids is 1. The Kier molecular flexibility index (Phi) is 7.37. The summed E-state index contributed by atoms with van der Waals surface area (Å²) in [6.07, 6.45) is 3.38. The van der Waals surface area contributed by atoms with Crippen molar-refractivity contribution in [3.05, 3.63) is 59.8 Å². The quantitative estimate of drug-likeness (QED) is 0.475. The summed E-state index contributed by atoms with van der Waals surface area (Å²) < 4.78 is 19.4. The van der Waals surface area contributed by atoms with E-state index in [1.807, 2.05) is 31.2 Å². The monoisotopic (exact) mass is 477 g/mol. The van der Waals surface area contributed by atoms with Crippen molar-refractivity contribution in [1.82, 2.24) is 9.88 Å². The maximum absolute atomic E-state index is 12.8. The highest BCUT2D eigenvalue weighted by Crippen LogP contribution is 2.24. The van der Waals surface area contributed by atoms with Gasteiger partial charge >= 0.3 is 0 Å². The lowest BCUT2D eigenvalue weighted by molar-refractivity contribution is 0.0214. The first kappa shape index (κ1) is 23.9. The van der Waals surface area contributed by atoms with Crippen molar-refractivity contribution in [2.24, 2.45) is 13.0 Å². The molecule has 3 heterocycles. The average molecular weight is 478 g/mol. The molecule has 186 valence electrons. The van der Waals surface area contributed by atoms with Crippen LogP contribution >= 0.6 is 0 Å². The molecule has 0 aliphatic carbocycles. The van der Waals surface area contributed by atoms with Gasteiger partial charge in [0.1, 0.15) is 11.9 Å². The number of aryl methyl sites for hydroxylation is 1. The Bertz CT molecular complexity index is 1140. The molecule has 2 aliphatic rings. The summed E-state index contributed by atoms with van der Waals surface area (Å²) in [5.74, 6) is 1.22. The Morgan fingerprint density at radius 3 is 2.74 bits per heavy atom. The largest absolute Gasteiger partial charge is 0.488 e. The molecule has 1 amide bonds. The molecule has 3 atom stereocenters. The van der Waals surface area contributed by atoms with Gasteiger partial charge in [-0.15, -0.1) is 0 Å². The number of amides is 1. The third-order valence-corrected chi connectivity index (χ3v) is 7.09. The van der Waals surface area contributed by atoms with E-state index in [0.717, 1.165) is 74.5 Å². The van der Waals surface area contributed by atoms with Crippen LogP contribution in [0.25, 0.3) is 10.9 Å². The van der Waals surface area contributed by atoms with Crippen LogP contribution in [0, 0.1) is 5.92 Å². The Morgan fingerprint density at radius 2 is 2.00 bits per heavy atom. The third-order valence-electron chi connectivity index (χ3n) is 7.09. The van der Waals surface area contributed by atoms with Gasteiger partial charge in [-0.25, -0.2) is 0 Å². The average Bonchev–Trinajstić information content (AvgIpc) is 3.63. The van der Waals surface area contributed by atoms with E-state index in [2.05, 4.69) is 34.4 Å². The fourth-order valence-corrected chi connectivity index (χ4v) is 4.95. The topological polar surface area (TPSA) is 73.8 Å². The van der Waals surface area contributed by atoms with E-state index in [0.29, 0.717) is 11.5 Å². The zero-order valence-corrected chi connectivity index (χ0v) is 20.6. The van der Waals surface area contributed by atoms with Crippen LogP contribution in [0.1, 0.15) is 42.2 Å². The molecule has 0 spiro atoms. The van der Waals surface area contributed by atoms with Crippen molar-refractivity contribution < 1.29 is 19.0 Å². The highest BCUT2D eigenvalue weighted by atomic mass is 16.5. The molecule has 0 bridgehead atoms. The predicted octanol–water partition coefficient (Wildman–Crippen LogP) is 4.50. The highest BCUT2D eigenvalue weighted by Gasteiger charge is 2.24. The van der Waals surface area contributed by atoms with E-state index in [1.165, 1.54) is 5.69 Å². The van der Waals surface area contributed by atoms with Gasteiger partial charge < -0.3 is 29.4 Å². The van der Waals surface area contributed by atoms with Crippen LogP contribution < -0.4 is 15.4 Å². The molecular weight excluding hydrogens is 442 g/mol. The fourth-order valence-electron chi connectivity index (χ4n) is 4.95. The molecule has 7 heteroatoms. The fraction of sp³-hybridized carbons (Fsp3) is 0.464. The predicted molar refractivity (Wildman–Crippen MR) is 137 cm³/mol. The number of benzene rings is 2. The van der Waals surface area contributed by atoms with Gasteiger partial charge in [0.25, 0.3) is 5.91 Å². The normalized spacial score (nSPS) is 20.9. The van der Waals surface area contributed by atoms with Crippen LogP contribution in [0.4, 0.5) is 5.69 Å². The second kappa shape index (κ2) is 10.8. The number of aromatic nitrogens is 1. The first-order valence-electron chi connectivity index (χ1n) is 12.6. The zero-order chi connectivity index (χ0) is 24.2. The number of nitrogens with one attached hydrogen (secondary N) is 2. The van der Waals surface area contributed by atoms with Gasteiger partial charge in [0.05, 0.1) is 12.7 Å². The van der Waals surface area contributed by atoms with Crippen LogP contribution in [-0.4, -0.2) is 49.0 Å². The molecule has 2 N–H and O–H groups in total. The van der Waals surface area contributed by atoms with Crippen molar-refractivity contribution in [3.8, 4) is 5.75 Å². The molecule has 2 saturated heterocycles. The molecule has 5 rings (SSSR count). The van der Waals surface area contributed by atoms with E-state index in [4.69, 9.17) is 14.2 Å². The van der Waals surface area contributed by atoms with Crippen molar-refractivity contribution in [2.45, 2.75) is 44.9 Å². The van der Waals surface area contributed by atoms with Crippen LogP contribution in [0.2, 0.25) is 0 Å². The molecule has 3 unspecified atom stereocenters. The van der Waals surface area contributed by atoms with E-state index in [-0.39, 0.29) is 18.1 Å². The summed E-state index contributed by atoms with van der Waals surface area (Å²) >= 11 is 0. The third kappa shape index (κ3) is 5.69. The molecule has 35 heavy (non-hydrogen) atoms. The Labute approximate surface area is 206 Å². The van der Waals surface area contributed by atoms with Crippen molar-refractivity contribution in [2.75, 3.05) is 31.7 Å². The van der Waals surface area contributed by atoms with Gasteiger partial charge in [-0.2, -0.15) is 0 Å². The summed E-state index contributed by atoms with van der Waals surface area (Å²) in [5, 5.41) is 7.69. The Morgan fingerprint density at radius 1 is 1.14 bits per heavy atom. The van der Waals surface area contributed by atoms with E-state index in [1.54, 1.807) is 12.1 Å². The second-order valence-electron chi connectivity index (χ2n) is 9.68. The Hall–Kier alpha value is -2.87.